The number of likely N-dealkylation sites (tertiary alicyclic amines) is 1. The van der Waals surface area contributed by atoms with Crippen LogP contribution in [-0.2, 0) is 9.59 Å². The lowest BCUT2D eigenvalue weighted by Gasteiger charge is -2.30. The van der Waals surface area contributed by atoms with Gasteiger partial charge in [0.25, 0.3) is 0 Å². The lowest BCUT2D eigenvalue weighted by molar-refractivity contribution is -0.139. The molecule has 1 aliphatic rings. The second-order valence-electron chi connectivity index (χ2n) is 4.82. The van der Waals surface area contributed by atoms with Crippen molar-refractivity contribution in [1.82, 2.24) is 9.88 Å². The molecule has 6 nitrogen and oxygen atoms in total. The van der Waals surface area contributed by atoms with Gasteiger partial charge in [-0.25, -0.2) is 4.98 Å². The highest BCUT2D eigenvalue weighted by Gasteiger charge is 2.26. The first-order valence-corrected chi connectivity index (χ1v) is 7.20. The van der Waals surface area contributed by atoms with E-state index >= 15 is 0 Å². The zero-order valence-electron chi connectivity index (χ0n) is 10.9. The maximum atomic E-state index is 12.1. The number of aliphatic carboxylic acids is 1. The number of carbonyl (C=O) groups excluding carboxylic acids is 1. The predicted molar refractivity (Wildman–Crippen MR) is 77.4 cm³/mol. The van der Waals surface area contributed by atoms with Crippen LogP contribution in [0.3, 0.4) is 0 Å². The topological polar surface area (TPSA) is 82.5 Å². The van der Waals surface area contributed by atoms with Crippen molar-refractivity contribution in [3.63, 3.8) is 0 Å². The third-order valence-electron chi connectivity index (χ3n) is 3.21. The van der Waals surface area contributed by atoms with Gasteiger partial charge in [0.05, 0.1) is 12.5 Å². The second kappa shape index (κ2) is 6.81. The van der Waals surface area contributed by atoms with Gasteiger partial charge in [0.15, 0.2) is 0 Å². The Kier molecular flexibility index (Phi) is 5.08. The van der Waals surface area contributed by atoms with E-state index in [-0.39, 0.29) is 18.4 Å². The molecule has 20 heavy (non-hydrogen) atoms. The summed E-state index contributed by atoms with van der Waals surface area (Å²) in [6.45, 7) is 1.20. The fraction of sp³-hybridized carbons (Fsp3) is 0.462. The Hall–Kier alpha value is -1.47. The van der Waals surface area contributed by atoms with Crippen LogP contribution < -0.4 is 5.32 Å². The summed E-state index contributed by atoms with van der Waals surface area (Å²) in [4.78, 5) is 28.7. The molecule has 1 saturated heterocycles. The first kappa shape index (κ1) is 14.9. The van der Waals surface area contributed by atoms with E-state index in [1.165, 1.54) is 0 Å². The maximum absolute atomic E-state index is 12.1. The van der Waals surface area contributed by atoms with Crippen LogP contribution in [-0.4, -0.2) is 46.5 Å². The average molecular weight is 342 g/mol. The van der Waals surface area contributed by atoms with Crippen LogP contribution in [0.5, 0.6) is 0 Å². The Labute approximate surface area is 125 Å². The molecule has 108 valence electrons. The summed E-state index contributed by atoms with van der Waals surface area (Å²) in [5, 5.41) is 11.6. The number of aromatic nitrogens is 1. The van der Waals surface area contributed by atoms with Crippen molar-refractivity contribution in [1.29, 1.82) is 0 Å². The Bertz CT molecular complexity index is 492. The van der Waals surface area contributed by atoms with Crippen LogP contribution in [0.1, 0.15) is 12.8 Å². The minimum absolute atomic E-state index is 0.0136. The van der Waals surface area contributed by atoms with Gasteiger partial charge in [0, 0.05) is 17.2 Å². The molecule has 1 atom stereocenters. The minimum Gasteiger partial charge on any atom is -0.480 e. The smallest absolute Gasteiger partial charge is 0.317 e. The molecule has 0 spiro atoms. The van der Waals surface area contributed by atoms with E-state index < -0.39 is 5.97 Å². The molecule has 1 amide bonds. The van der Waals surface area contributed by atoms with Crippen molar-refractivity contribution in [2.75, 3.05) is 25.0 Å². The number of nitrogens with zero attached hydrogens (tertiary/aromatic N) is 2. The average Bonchev–Trinajstić information content (AvgIpc) is 2.41. The quantitative estimate of drug-likeness (QED) is 0.868. The molecule has 0 bridgehead atoms. The van der Waals surface area contributed by atoms with Crippen LogP contribution in [0.2, 0.25) is 0 Å². The first-order valence-electron chi connectivity index (χ1n) is 6.41. The van der Waals surface area contributed by atoms with E-state index in [0.29, 0.717) is 12.4 Å². The van der Waals surface area contributed by atoms with Crippen molar-refractivity contribution >= 4 is 33.6 Å². The molecular weight excluding hydrogens is 326 g/mol. The van der Waals surface area contributed by atoms with Crippen molar-refractivity contribution in [2.45, 2.75) is 12.8 Å². The lowest BCUT2D eigenvalue weighted by Crippen LogP contribution is -2.42. The molecule has 0 aromatic carbocycles. The number of anilines is 1. The van der Waals surface area contributed by atoms with Crippen LogP contribution in [0.4, 0.5) is 5.82 Å². The highest BCUT2D eigenvalue weighted by Crippen LogP contribution is 2.18. The summed E-state index contributed by atoms with van der Waals surface area (Å²) in [5.41, 5.74) is 0. The third kappa shape index (κ3) is 4.28. The molecule has 1 aromatic heterocycles. The molecule has 1 fully saturated rings. The molecule has 1 aromatic rings. The monoisotopic (exact) mass is 341 g/mol. The van der Waals surface area contributed by atoms with Crippen molar-refractivity contribution in [2.24, 2.45) is 5.92 Å². The van der Waals surface area contributed by atoms with Gasteiger partial charge in [-0.05, 0) is 47.4 Å². The van der Waals surface area contributed by atoms with E-state index in [1.807, 2.05) is 0 Å². The van der Waals surface area contributed by atoms with Gasteiger partial charge in [0.1, 0.15) is 5.82 Å². The number of carboxylic acids is 1. The lowest BCUT2D eigenvalue weighted by atomic mass is 9.97. The number of carbonyl (C=O) groups is 2. The second-order valence-corrected chi connectivity index (χ2v) is 5.73. The molecule has 2 N–H and O–H groups in total. The standard InChI is InChI=1S/C13H16BrN3O3/c14-10-3-4-11(15-6-10)16-13(20)9-2-1-5-17(7-9)8-12(18)19/h3-4,6,9H,1-2,5,7-8H2,(H,18,19)(H,15,16,20)/t9-/m0/s1. The van der Waals surface area contributed by atoms with Gasteiger partial charge in [-0.1, -0.05) is 0 Å². The number of carboxylic acid groups (broad SMARTS) is 1. The summed E-state index contributed by atoms with van der Waals surface area (Å²) in [6, 6.07) is 3.53. The molecular formula is C13H16BrN3O3. The van der Waals surface area contributed by atoms with Gasteiger partial charge in [-0.3, -0.25) is 14.5 Å². The SMILES string of the molecule is O=C(O)CN1CCC[C@H](C(=O)Nc2ccc(Br)cn2)C1. The van der Waals surface area contributed by atoms with Crippen molar-refractivity contribution < 1.29 is 14.7 Å². The summed E-state index contributed by atoms with van der Waals surface area (Å²) in [7, 11) is 0. The number of halogens is 1. The van der Waals surface area contributed by atoms with E-state index in [9.17, 15) is 9.59 Å². The maximum Gasteiger partial charge on any atom is 0.317 e. The molecule has 0 radical (unpaired) electrons. The molecule has 0 saturated carbocycles. The van der Waals surface area contributed by atoms with Crippen LogP contribution >= 0.6 is 15.9 Å². The number of nitrogens with one attached hydrogen (secondary N) is 1. The molecule has 2 heterocycles. The third-order valence-corrected chi connectivity index (χ3v) is 3.68. The molecule has 0 unspecified atom stereocenters. The van der Waals surface area contributed by atoms with Crippen LogP contribution in [0.15, 0.2) is 22.8 Å². The van der Waals surface area contributed by atoms with E-state index in [2.05, 4.69) is 26.2 Å². The van der Waals surface area contributed by atoms with Crippen LogP contribution in [0, 0.1) is 5.92 Å². The van der Waals surface area contributed by atoms with Crippen molar-refractivity contribution in [3.8, 4) is 0 Å². The highest BCUT2D eigenvalue weighted by atomic mass is 79.9. The van der Waals surface area contributed by atoms with Gasteiger partial charge in [0.2, 0.25) is 5.91 Å². The minimum atomic E-state index is -0.861. The zero-order chi connectivity index (χ0) is 14.5. The number of hydrogen-bond acceptors (Lipinski definition) is 4. The fourth-order valence-corrected chi connectivity index (χ4v) is 2.52. The van der Waals surface area contributed by atoms with Gasteiger partial charge >= 0.3 is 5.97 Å². The Balaban J connectivity index is 1.91. The summed E-state index contributed by atoms with van der Waals surface area (Å²) >= 11 is 3.28. The van der Waals surface area contributed by atoms with Gasteiger partial charge < -0.3 is 10.4 Å². The Morgan fingerprint density at radius 2 is 2.30 bits per heavy atom. The number of amides is 1. The summed E-state index contributed by atoms with van der Waals surface area (Å²) in [5.74, 6) is -0.641. The summed E-state index contributed by atoms with van der Waals surface area (Å²) < 4.78 is 0.848. The van der Waals surface area contributed by atoms with E-state index in [0.717, 1.165) is 23.9 Å². The van der Waals surface area contributed by atoms with E-state index in [1.54, 1.807) is 23.2 Å². The molecule has 7 heteroatoms. The van der Waals surface area contributed by atoms with Crippen molar-refractivity contribution in [3.05, 3.63) is 22.8 Å². The zero-order valence-corrected chi connectivity index (χ0v) is 12.5. The van der Waals surface area contributed by atoms with E-state index in [4.69, 9.17) is 5.11 Å². The van der Waals surface area contributed by atoms with Gasteiger partial charge in [-0.2, -0.15) is 0 Å². The Morgan fingerprint density at radius 1 is 1.50 bits per heavy atom. The fourth-order valence-electron chi connectivity index (χ4n) is 2.28. The van der Waals surface area contributed by atoms with Gasteiger partial charge in [-0.15, -0.1) is 0 Å². The Morgan fingerprint density at radius 3 is 2.95 bits per heavy atom. The first-order chi connectivity index (χ1) is 9.54. The normalized spacial score (nSPS) is 19.6. The number of rotatable bonds is 4. The van der Waals surface area contributed by atoms with Crippen LogP contribution in [0.25, 0.3) is 0 Å². The number of piperidine rings is 1. The highest BCUT2D eigenvalue weighted by molar-refractivity contribution is 9.10. The predicted octanol–water partition coefficient (Wildman–Crippen LogP) is 1.58. The molecule has 1 aliphatic heterocycles. The largest absolute Gasteiger partial charge is 0.480 e. The molecule has 0 aliphatic carbocycles. The number of hydrogen-bond donors (Lipinski definition) is 2. The summed E-state index contributed by atoms with van der Waals surface area (Å²) in [6.07, 6.45) is 3.23. The number of pyridine rings is 1. The molecule has 2 rings (SSSR count).